The van der Waals surface area contributed by atoms with Crippen LogP contribution in [-0.2, 0) is 9.53 Å². The molecule has 1 saturated heterocycles. The van der Waals surface area contributed by atoms with Gasteiger partial charge in [0.15, 0.2) is 0 Å². The minimum absolute atomic E-state index is 0.0429. The number of β-lactam (4-membered cyclic amide) rings is 1. The van der Waals surface area contributed by atoms with E-state index in [0.29, 0.717) is 18.5 Å². The highest BCUT2D eigenvalue weighted by molar-refractivity contribution is 6.03. The van der Waals surface area contributed by atoms with Crippen LogP contribution in [0.5, 0.6) is 5.75 Å². The van der Waals surface area contributed by atoms with Gasteiger partial charge in [0.25, 0.3) is 0 Å². The van der Waals surface area contributed by atoms with Crippen molar-refractivity contribution in [3.05, 3.63) is 95.6 Å². The molecule has 0 spiro atoms. The maximum Gasteiger partial charge on any atom is 0.233 e. The second-order valence-corrected chi connectivity index (χ2v) is 7.68. The molecule has 3 atom stereocenters. The largest absolute Gasteiger partial charge is 0.508 e. The van der Waals surface area contributed by atoms with Gasteiger partial charge in [-0.05, 0) is 72.5 Å². The molecule has 160 valence electrons. The van der Waals surface area contributed by atoms with E-state index >= 15 is 0 Å². The highest BCUT2D eigenvalue weighted by Crippen LogP contribution is 2.46. The van der Waals surface area contributed by atoms with E-state index in [2.05, 4.69) is 0 Å². The van der Waals surface area contributed by atoms with Crippen molar-refractivity contribution in [2.45, 2.75) is 25.0 Å². The van der Waals surface area contributed by atoms with Crippen LogP contribution in [0.3, 0.4) is 0 Å². The summed E-state index contributed by atoms with van der Waals surface area (Å²) in [6, 6.07) is 18.6. The Morgan fingerprint density at radius 1 is 0.935 bits per heavy atom. The second-order valence-electron chi connectivity index (χ2n) is 7.68. The van der Waals surface area contributed by atoms with Crippen molar-refractivity contribution >= 4 is 11.6 Å². The molecule has 1 amide bonds. The number of carbonyl (C=O) groups is 1. The van der Waals surface area contributed by atoms with Crippen LogP contribution in [0.4, 0.5) is 14.5 Å². The smallest absolute Gasteiger partial charge is 0.233 e. The average molecular weight is 423 g/mol. The number of phenolic OH excluding ortho intramolecular Hbond substituents is 1. The third kappa shape index (κ3) is 4.30. The molecule has 0 saturated carbocycles. The Balaban J connectivity index is 1.56. The maximum atomic E-state index is 13.4. The molecule has 0 radical (unpaired) electrons. The Labute approximate surface area is 179 Å². The fourth-order valence-corrected chi connectivity index (χ4v) is 4.20. The van der Waals surface area contributed by atoms with Gasteiger partial charge in [-0.25, -0.2) is 8.78 Å². The molecule has 0 bridgehead atoms. The number of hydrogen-bond donors (Lipinski definition) is 1. The van der Waals surface area contributed by atoms with E-state index < -0.39 is 0 Å². The van der Waals surface area contributed by atoms with Crippen molar-refractivity contribution in [1.29, 1.82) is 0 Å². The molecule has 0 aliphatic carbocycles. The summed E-state index contributed by atoms with van der Waals surface area (Å²) in [5, 5.41) is 9.65. The number of carbonyl (C=O) groups excluding carboxylic acids is 1. The number of aromatic hydroxyl groups is 1. The van der Waals surface area contributed by atoms with Gasteiger partial charge in [-0.3, -0.25) is 4.79 Å². The monoisotopic (exact) mass is 423 g/mol. The average Bonchev–Trinajstić information content (AvgIpc) is 2.78. The van der Waals surface area contributed by atoms with Crippen LogP contribution in [0, 0.1) is 17.6 Å². The fraction of sp³-hybridized carbons (Fsp3) is 0.240. The van der Waals surface area contributed by atoms with Gasteiger partial charge in [0.05, 0.1) is 18.1 Å². The van der Waals surface area contributed by atoms with Crippen LogP contribution in [0.15, 0.2) is 72.8 Å². The van der Waals surface area contributed by atoms with E-state index in [-0.39, 0.29) is 41.4 Å². The number of amides is 1. The number of halogens is 2. The van der Waals surface area contributed by atoms with Crippen LogP contribution < -0.4 is 4.90 Å². The number of methoxy groups -OCH3 is 1. The molecule has 4 rings (SSSR count). The molecule has 3 aromatic rings. The summed E-state index contributed by atoms with van der Waals surface area (Å²) in [5.41, 5.74) is 2.37. The molecule has 0 aromatic heterocycles. The standard InChI is InChI=1S/C25H23F2NO3/c1-31-23(16-2-6-18(26)7-3-16)15-14-22-24(17-4-12-21(29)13-5-17)28(25(22)30)20-10-8-19(27)9-11-20/h2-13,22-24,29H,14-15H2,1H3/t22-,23+,24-/m1/s1. The lowest BCUT2D eigenvalue weighted by Crippen LogP contribution is -2.55. The summed E-state index contributed by atoms with van der Waals surface area (Å²) in [6.07, 6.45) is 0.899. The molecule has 4 nitrogen and oxygen atoms in total. The van der Waals surface area contributed by atoms with Crippen molar-refractivity contribution in [2.75, 3.05) is 12.0 Å². The molecule has 1 fully saturated rings. The van der Waals surface area contributed by atoms with Gasteiger partial charge in [-0.2, -0.15) is 0 Å². The van der Waals surface area contributed by atoms with Gasteiger partial charge in [0, 0.05) is 12.8 Å². The zero-order valence-corrected chi connectivity index (χ0v) is 17.0. The number of anilines is 1. The van der Waals surface area contributed by atoms with Crippen molar-refractivity contribution in [3.63, 3.8) is 0 Å². The molecular formula is C25H23F2NO3. The third-order valence-corrected chi connectivity index (χ3v) is 5.82. The molecule has 1 heterocycles. The predicted octanol–water partition coefficient (Wildman–Crippen LogP) is 5.54. The lowest BCUT2D eigenvalue weighted by Gasteiger charge is -2.48. The Bertz CT molecular complexity index is 1040. The van der Waals surface area contributed by atoms with E-state index in [9.17, 15) is 18.7 Å². The van der Waals surface area contributed by atoms with Crippen molar-refractivity contribution in [1.82, 2.24) is 0 Å². The number of phenols is 1. The van der Waals surface area contributed by atoms with Crippen LogP contribution in [0.2, 0.25) is 0 Å². The predicted molar refractivity (Wildman–Crippen MR) is 114 cm³/mol. The van der Waals surface area contributed by atoms with Gasteiger partial charge in [0.2, 0.25) is 5.91 Å². The minimum atomic E-state index is -0.364. The van der Waals surface area contributed by atoms with Crippen molar-refractivity contribution < 1.29 is 23.4 Å². The SMILES string of the molecule is CO[C@@H](CC[C@H]1C(=O)N(c2ccc(F)cc2)[C@@H]1c1ccc(O)cc1)c1ccc(F)cc1. The maximum absolute atomic E-state index is 13.4. The summed E-state index contributed by atoms with van der Waals surface area (Å²) in [5.74, 6) is -0.854. The van der Waals surface area contributed by atoms with E-state index in [1.54, 1.807) is 60.5 Å². The zero-order valence-electron chi connectivity index (χ0n) is 17.0. The number of rotatable bonds is 7. The second kappa shape index (κ2) is 8.86. The Kier molecular flexibility index (Phi) is 6.00. The lowest BCUT2D eigenvalue weighted by molar-refractivity contribution is -0.131. The quantitative estimate of drug-likeness (QED) is 0.508. The molecule has 1 aliphatic rings. The number of hydrogen-bond acceptors (Lipinski definition) is 3. The molecular weight excluding hydrogens is 400 g/mol. The highest BCUT2D eigenvalue weighted by atomic mass is 19.1. The Hall–Kier alpha value is -3.25. The zero-order chi connectivity index (χ0) is 22.0. The summed E-state index contributed by atoms with van der Waals surface area (Å²) in [6.45, 7) is 0. The Morgan fingerprint density at radius 2 is 1.52 bits per heavy atom. The number of nitrogens with zero attached hydrogens (tertiary/aromatic N) is 1. The summed E-state index contributed by atoms with van der Waals surface area (Å²) < 4.78 is 32.2. The third-order valence-electron chi connectivity index (χ3n) is 5.82. The van der Waals surface area contributed by atoms with Gasteiger partial charge >= 0.3 is 0 Å². The van der Waals surface area contributed by atoms with Gasteiger partial charge < -0.3 is 14.7 Å². The van der Waals surface area contributed by atoms with Gasteiger partial charge in [0.1, 0.15) is 17.4 Å². The molecule has 1 N–H and O–H groups in total. The summed E-state index contributed by atoms with van der Waals surface area (Å²) >= 11 is 0. The first-order chi connectivity index (χ1) is 15.0. The summed E-state index contributed by atoms with van der Waals surface area (Å²) in [7, 11) is 1.60. The molecule has 6 heteroatoms. The van der Waals surface area contributed by atoms with Crippen LogP contribution in [0.25, 0.3) is 0 Å². The van der Waals surface area contributed by atoms with Gasteiger partial charge in [-0.1, -0.05) is 24.3 Å². The molecule has 3 aromatic carbocycles. The number of benzene rings is 3. The number of ether oxygens (including phenoxy) is 1. The minimum Gasteiger partial charge on any atom is -0.508 e. The van der Waals surface area contributed by atoms with E-state index in [0.717, 1.165) is 11.1 Å². The van der Waals surface area contributed by atoms with Crippen molar-refractivity contribution in [2.24, 2.45) is 5.92 Å². The van der Waals surface area contributed by atoms with Crippen LogP contribution >= 0.6 is 0 Å². The lowest BCUT2D eigenvalue weighted by atomic mass is 9.78. The van der Waals surface area contributed by atoms with E-state index in [1.807, 2.05) is 0 Å². The molecule has 1 aliphatic heterocycles. The van der Waals surface area contributed by atoms with Crippen molar-refractivity contribution in [3.8, 4) is 5.75 Å². The fourth-order valence-electron chi connectivity index (χ4n) is 4.20. The Morgan fingerprint density at radius 3 is 2.10 bits per heavy atom. The first kappa shape index (κ1) is 21.0. The normalized spacial score (nSPS) is 19.2. The summed E-state index contributed by atoms with van der Waals surface area (Å²) in [4.78, 5) is 14.7. The first-order valence-electron chi connectivity index (χ1n) is 10.1. The molecule has 31 heavy (non-hydrogen) atoms. The van der Waals surface area contributed by atoms with Crippen LogP contribution in [-0.4, -0.2) is 18.1 Å². The van der Waals surface area contributed by atoms with Gasteiger partial charge in [-0.15, -0.1) is 0 Å². The first-order valence-corrected chi connectivity index (χ1v) is 10.1. The van der Waals surface area contributed by atoms with Crippen LogP contribution in [0.1, 0.15) is 36.1 Å². The molecule has 0 unspecified atom stereocenters. The highest BCUT2D eigenvalue weighted by Gasteiger charge is 2.48. The van der Waals surface area contributed by atoms with E-state index in [1.165, 1.54) is 24.3 Å². The van der Waals surface area contributed by atoms with E-state index in [4.69, 9.17) is 4.74 Å². The topological polar surface area (TPSA) is 49.8 Å².